The minimum absolute atomic E-state index is 0.230. The zero-order valence-corrected chi connectivity index (χ0v) is 14.9. The molecule has 0 unspecified atom stereocenters. The van der Waals surface area contributed by atoms with Crippen LogP contribution in [0.25, 0.3) is 28.1 Å². The molecular formula is C19H18FN7. The topological polar surface area (TPSA) is 85.2 Å². The number of anilines is 2. The summed E-state index contributed by atoms with van der Waals surface area (Å²) in [5.41, 5.74) is 9.86. The molecule has 0 bridgehead atoms. The lowest BCUT2D eigenvalue weighted by atomic mass is 10.2. The summed E-state index contributed by atoms with van der Waals surface area (Å²) in [4.78, 5) is 15.7. The first-order chi connectivity index (χ1) is 13.1. The van der Waals surface area contributed by atoms with Crippen LogP contribution in [0.1, 0.15) is 18.5 Å². The Morgan fingerprint density at radius 3 is 2.74 bits per heavy atom. The molecule has 1 aromatic carbocycles. The van der Waals surface area contributed by atoms with Crippen LogP contribution in [0, 0.1) is 12.7 Å². The maximum absolute atomic E-state index is 14.1. The van der Waals surface area contributed by atoms with Crippen molar-refractivity contribution in [3.05, 3.63) is 42.0 Å². The van der Waals surface area contributed by atoms with E-state index in [9.17, 15) is 4.39 Å². The van der Waals surface area contributed by atoms with Crippen LogP contribution in [0.15, 0.2) is 30.5 Å². The first-order valence-corrected chi connectivity index (χ1v) is 8.94. The summed E-state index contributed by atoms with van der Waals surface area (Å²) in [6.45, 7) is 3.80. The predicted molar refractivity (Wildman–Crippen MR) is 102 cm³/mol. The Morgan fingerprint density at radius 2 is 1.93 bits per heavy atom. The molecule has 5 rings (SSSR count). The highest BCUT2D eigenvalue weighted by Gasteiger charge is 2.18. The SMILES string of the molecule is Cc1nc2cccc(F)c2nc1-c1cn2nc(N3CCCC3)cc(N)c2n1. The molecule has 7 nitrogen and oxygen atoms in total. The molecular weight excluding hydrogens is 345 g/mol. The third kappa shape index (κ3) is 2.56. The van der Waals surface area contributed by atoms with Gasteiger partial charge in [-0.25, -0.2) is 23.9 Å². The van der Waals surface area contributed by atoms with Crippen LogP contribution in [0.4, 0.5) is 15.9 Å². The van der Waals surface area contributed by atoms with Gasteiger partial charge in [0.15, 0.2) is 17.3 Å². The minimum atomic E-state index is -0.404. The number of hydrogen-bond acceptors (Lipinski definition) is 6. The molecule has 0 aliphatic carbocycles. The molecule has 1 saturated heterocycles. The first kappa shape index (κ1) is 15.9. The van der Waals surface area contributed by atoms with Crippen LogP contribution in [0.3, 0.4) is 0 Å². The van der Waals surface area contributed by atoms with Crippen molar-refractivity contribution in [1.29, 1.82) is 0 Å². The Labute approximate surface area is 154 Å². The van der Waals surface area contributed by atoms with Gasteiger partial charge in [0.25, 0.3) is 0 Å². The van der Waals surface area contributed by atoms with Gasteiger partial charge in [-0.15, -0.1) is 5.10 Å². The summed E-state index contributed by atoms with van der Waals surface area (Å²) in [5, 5.41) is 4.65. The summed E-state index contributed by atoms with van der Waals surface area (Å²) >= 11 is 0. The number of hydrogen-bond donors (Lipinski definition) is 1. The Hall–Kier alpha value is -3.29. The lowest BCUT2D eigenvalue weighted by Crippen LogP contribution is -2.20. The third-order valence-corrected chi connectivity index (χ3v) is 4.93. The van der Waals surface area contributed by atoms with Crippen molar-refractivity contribution in [3.8, 4) is 11.4 Å². The summed E-state index contributed by atoms with van der Waals surface area (Å²) in [6.07, 6.45) is 4.09. The summed E-state index contributed by atoms with van der Waals surface area (Å²) in [7, 11) is 0. The quantitative estimate of drug-likeness (QED) is 0.589. The molecule has 0 radical (unpaired) electrons. The van der Waals surface area contributed by atoms with Gasteiger partial charge in [-0.2, -0.15) is 0 Å². The number of rotatable bonds is 2. The largest absolute Gasteiger partial charge is 0.396 e. The first-order valence-electron chi connectivity index (χ1n) is 8.94. The fourth-order valence-electron chi connectivity index (χ4n) is 3.58. The van der Waals surface area contributed by atoms with E-state index in [1.165, 1.54) is 6.07 Å². The fourth-order valence-corrected chi connectivity index (χ4v) is 3.58. The molecule has 0 saturated carbocycles. The zero-order chi connectivity index (χ0) is 18.5. The van der Waals surface area contributed by atoms with E-state index >= 15 is 0 Å². The van der Waals surface area contributed by atoms with Crippen LogP contribution in [-0.2, 0) is 0 Å². The molecule has 1 aliphatic heterocycles. The fraction of sp³-hybridized carbons (Fsp3) is 0.263. The molecule has 8 heteroatoms. The van der Waals surface area contributed by atoms with E-state index in [1.807, 2.05) is 13.0 Å². The van der Waals surface area contributed by atoms with Crippen molar-refractivity contribution in [1.82, 2.24) is 24.6 Å². The highest BCUT2D eigenvalue weighted by atomic mass is 19.1. The van der Waals surface area contributed by atoms with Gasteiger partial charge in [-0.3, -0.25) is 0 Å². The van der Waals surface area contributed by atoms with E-state index in [0.717, 1.165) is 31.7 Å². The van der Waals surface area contributed by atoms with Crippen molar-refractivity contribution in [2.75, 3.05) is 23.7 Å². The van der Waals surface area contributed by atoms with E-state index < -0.39 is 5.82 Å². The molecule has 4 aromatic rings. The van der Waals surface area contributed by atoms with Gasteiger partial charge >= 0.3 is 0 Å². The second-order valence-corrected chi connectivity index (χ2v) is 6.81. The average Bonchev–Trinajstić information content (AvgIpc) is 3.31. The lowest BCUT2D eigenvalue weighted by molar-refractivity contribution is 0.636. The molecule has 0 amide bonds. The van der Waals surface area contributed by atoms with Gasteiger partial charge < -0.3 is 10.6 Å². The van der Waals surface area contributed by atoms with E-state index in [-0.39, 0.29) is 5.52 Å². The molecule has 0 atom stereocenters. The molecule has 4 heterocycles. The van der Waals surface area contributed by atoms with Crippen molar-refractivity contribution in [3.63, 3.8) is 0 Å². The smallest absolute Gasteiger partial charge is 0.177 e. The number of nitrogens with zero attached hydrogens (tertiary/aromatic N) is 6. The van der Waals surface area contributed by atoms with Crippen LogP contribution >= 0.6 is 0 Å². The normalized spacial score (nSPS) is 14.5. The minimum Gasteiger partial charge on any atom is -0.396 e. The van der Waals surface area contributed by atoms with Crippen molar-refractivity contribution >= 4 is 28.2 Å². The second kappa shape index (κ2) is 5.87. The van der Waals surface area contributed by atoms with Gasteiger partial charge in [0.1, 0.15) is 16.9 Å². The average molecular weight is 363 g/mol. The molecule has 136 valence electrons. The molecule has 1 aliphatic rings. The van der Waals surface area contributed by atoms with E-state index in [4.69, 9.17) is 5.73 Å². The van der Waals surface area contributed by atoms with Crippen molar-refractivity contribution in [2.24, 2.45) is 0 Å². The molecule has 2 N–H and O–H groups in total. The van der Waals surface area contributed by atoms with Gasteiger partial charge in [0.2, 0.25) is 0 Å². The monoisotopic (exact) mass is 363 g/mol. The number of aryl methyl sites for hydroxylation is 1. The maximum atomic E-state index is 14.1. The number of imidazole rings is 1. The number of nitrogen functional groups attached to an aromatic ring is 1. The lowest BCUT2D eigenvalue weighted by Gasteiger charge is -2.16. The van der Waals surface area contributed by atoms with E-state index in [0.29, 0.717) is 33.9 Å². The summed E-state index contributed by atoms with van der Waals surface area (Å²) in [5.74, 6) is 0.438. The van der Waals surface area contributed by atoms with E-state index in [2.05, 4.69) is 25.0 Å². The number of aromatic nitrogens is 5. The number of fused-ring (bicyclic) bond motifs is 2. The maximum Gasteiger partial charge on any atom is 0.177 e. The number of nitrogens with two attached hydrogens (primary N) is 1. The Morgan fingerprint density at radius 1 is 1.11 bits per heavy atom. The highest BCUT2D eigenvalue weighted by Crippen LogP contribution is 2.27. The molecule has 27 heavy (non-hydrogen) atoms. The summed E-state index contributed by atoms with van der Waals surface area (Å²) < 4.78 is 15.8. The second-order valence-electron chi connectivity index (χ2n) is 6.81. The standard InChI is InChI=1S/C19H18FN7/c1-11-17(24-18-12(20)5-4-6-14(18)22-11)15-10-27-19(23-15)13(21)9-16(25-27)26-7-2-3-8-26/h4-6,9-10H,2-3,7-8,21H2,1H3. The Bertz CT molecular complexity index is 1180. The Kier molecular flexibility index (Phi) is 3.46. The molecule has 0 spiro atoms. The molecule has 3 aromatic heterocycles. The van der Waals surface area contributed by atoms with Gasteiger partial charge in [0.05, 0.1) is 23.1 Å². The van der Waals surface area contributed by atoms with Crippen molar-refractivity contribution < 1.29 is 4.39 Å². The number of halogens is 1. The van der Waals surface area contributed by atoms with Crippen LogP contribution in [0.5, 0.6) is 0 Å². The van der Waals surface area contributed by atoms with Crippen LogP contribution in [-0.4, -0.2) is 37.7 Å². The Balaban J connectivity index is 1.67. The molecule has 1 fully saturated rings. The van der Waals surface area contributed by atoms with Crippen molar-refractivity contribution in [2.45, 2.75) is 19.8 Å². The van der Waals surface area contributed by atoms with Gasteiger partial charge in [-0.1, -0.05) is 6.07 Å². The highest BCUT2D eigenvalue weighted by molar-refractivity contribution is 5.79. The zero-order valence-electron chi connectivity index (χ0n) is 14.9. The van der Waals surface area contributed by atoms with Gasteiger partial charge in [0, 0.05) is 19.2 Å². The summed E-state index contributed by atoms with van der Waals surface area (Å²) in [6, 6.07) is 6.60. The third-order valence-electron chi connectivity index (χ3n) is 4.93. The van der Waals surface area contributed by atoms with Gasteiger partial charge in [-0.05, 0) is 31.9 Å². The van der Waals surface area contributed by atoms with E-state index in [1.54, 1.807) is 22.8 Å². The predicted octanol–water partition coefficient (Wildman–Crippen LogP) is 2.97. The number of benzene rings is 1. The van der Waals surface area contributed by atoms with Crippen LogP contribution in [0.2, 0.25) is 0 Å². The van der Waals surface area contributed by atoms with Crippen LogP contribution < -0.4 is 10.6 Å². The number of para-hydroxylation sites is 1.